The van der Waals surface area contributed by atoms with Gasteiger partial charge in [0.25, 0.3) is 5.65 Å². The molecule has 0 aromatic carbocycles. The lowest BCUT2D eigenvalue weighted by atomic mass is 10.1. The molecule has 3 aromatic heterocycles. The van der Waals surface area contributed by atoms with E-state index in [2.05, 4.69) is 9.97 Å². The van der Waals surface area contributed by atoms with Gasteiger partial charge in [0.05, 0.1) is 12.6 Å². The van der Waals surface area contributed by atoms with Gasteiger partial charge in [-0.05, 0) is 11.8 Å². The van der Waals surface area contributed by atoms with Gasteiger partial charge in [-0.15, -0.1) is 11.8 Å². The van der Waals surface area contributed by atoms with Gasteiger partial charge in [0.15, 0.2) is 11.2 Å². The van der Waals surface area contributed by atoms with Crippen molar-refractivity contribution in [1.82, 2.24) is 14.5 Å². The van der Waals surface area contributed by atoms with Gasteiger partial charge in [-0.3, -0.25) is 0 Å². The lowest BCUT2D eigenvalue weighted by Gasteiger charge is -2.20. The van der Waals surface area contributed by atoms with Gasteiger partial charge in [-0.25, -0.2) is 19.3 Å². The minimum Gasteiger partial charge on any atom is -0.710 e. The zero-order valence-electron chi connectivity index (χ0n) is 15.6. The highest BCUT2D eigenvalue weighted by molar-refractivity contribution is 7.99. The van der Waals surface area contributed by atoms with E-state index < -0.39 is 34.9 Å². The Morgan fingerprint density at radius 1 is 1.00 bits per heavy atom. The molecule has 3 rings (SSSR count). The fourth-order valence-corrected chi connectivity index (χ4v) is 3.63. The van der Waals surface area contributed by atoms with E-state index >= 15 is 0 Å². The summed E-state index contributed by atoms with van der Waals surface area (Å²) in [6.45, 7) is 1.59. The van der Waals surface area contributed by atoms with Gasteiger partial charge in [0.2, 0.25) is 0 Å². The summed E-state index contributed by atoms with van der Waals surface area (Å²) in [5.41, 5.74) is -3.49. The molecule has 0 amide bonds. The first-order chi connectivity index (χ1) is 14.2. The highest BCUT2D eigenvalue weighted by Crippen LogP contribution is 2.45. The molecule has 168 valence electrons. The van der Waals surface area contributed by atoms with E-state index in [0.29, 0.717) is 18.3 Å². The molecule has 0 aliphatic heterocycles. The molecule has 3 aromatic rings. The highest BCUT2D eigenvalue weighted by Gasteiger charge is 2.59. The van der Waals surface area contributed by atoms with Crippen LogP contribution in [0.2, 0.25) is 0 Å². The summed E-state index contributed by atoms with van der Waals surface area (Å²) < 4.78 is 106. The fourth-order valence-electron chi connectivity index (χ4n) is 2.83. The predicted molar refractivity (Wildman–Crippen MR) is 94.3 cm³/mol. The number of halogens is 8. The number of pyridine rings is 2. The third-order valence-electron chi connectivity index (χ3n) is 4.30. The van der Waals surface area contributed by atoms with Crippen LogP contribution in [0.4, 0.5) is 35.1 Å². The number of hydrogen-bond acceptors (Lipinski definition) is 4. The molecule has 0 radical (unpaired) electrons. The first-order valence-electron chi connectivity index (χ1n) is 8.43. The van der Waals surface area contributed by atoms with Gasteiger partial charge in [-0.2, -0.15) is 35.1 Å². The third-order valence-corrected chi connectivity index (χ3v) is 5.21. The van der Waals surface area contributed by atoms with Gasteiger partial charge < -0.3 is 5.21 Å². The normalized spacial score (nSPS) is 13.2. The van der Waals surface area contributed by atoms with Crippen molar-refractivity contribution >= 4 is 22.9 Å². The standard InChI is InChI=1S/C17H12F8N4OS/c1-3-31-11-5-8(15(18,19)17(23,24)25)6-26-12(11)14-28(2)13-10(29(14)30)4-9(7-27-13)16(20,21)22/h4-7H,3H2,1-2H3. The quantitative estimate of drug-likeness (QED) is 0.231. The van der Waals surface area contributed by atoms with Crippen molar-refractivity contribution in [2.75, 3.05) is 5.75 Å². The Morgan fingerprint density at radius 2 is 1.61 bits per heavy atom. The molecule has 0 unspecified atom stereocenters. The van der Waals surface area contributed by atoms with Crippen LogP contribution in [0, 0.1) is 5.21 Å². The number of aryl methyl sites for hydroxylation is 1. The molecule has 0 saturated heterocycles. The Hall–Kier alpha value is -2.64. The molecular weight excluding hydrogens is 460 g/mol. The molecule has 0 fully saturated rings. The molecule has 0 saturated carbocycles. The molecule has 14 heteroatoms. The van der Waals surface area contributed by atoms with Crippen LogP contribution in [0.25, 0.3) is 22.7 Å². The minimum absolute atomic E-state index is 0.0845. The van der Waals surface area contributed by atoms with Crippen molar-refractivity contribution in [3.05, 3.63) is 40.9 Å². The number of hydrogen-bond donors (Lipinski definition) is 0. The number of nitrogens with zero attached hydrogens (tertiary/aromatic N) is 4. The monoisotopic (exact) mass is 472 g/mol. The van der Waals surface area contributed by atoms with Gasteiger partial charge in [0.1, 0.15) is 0 Å². The molecule has 0 atom stereocenters. The van der Waals surface area contributed by atoms with Crippen LogP contribution < -0.4 is 4.73 Å². The number of aromatic nitrogens is 4. The van der Waals surface area contributed by atoms with E-state index in [9.17, 15) is 40.3 Å². The van der Waals surface area contributed by atoms with Gasteiger partial charge in [-0.1, -0.05) is 6.92 Å². The Bertz CT molecular complexity index is 1140. The Labute approximate surface area is 173 Å². The average molecular weight is 472 g/mol. The van der Waals surface area contributed by atoms with E-state index in [0.717, 1.165) is 16.3 Å². The molecule has 31 heavy (non-hydrogen) atoms. The van der Waals surface area contributed by atoms with Crippen LogP contribution in [0.5, 0.6) is 0 Å². The van der Waals surface area contributed by atoms with Crippen LogP contribution in [-0.2, 0) is 19.1 Å². The third kappa shape index (κ3) is 3.88. The predicted octanol–water partition coefficient (Wildman–Crippen LogP) is 5.05. The van der Waals surface area contributed by atoms with E-state index in [1.807, 2.05) is 0 Å². The summed E-state index contributed by atoms with van der Waals surface area (Å²) in [6.07, 6.45) is -9.82. The average Bonchev–Trinajstić information content (AvgIpc) is 2.91. The summed E-state index contributed by atoms with van der Waals surface area (Å²) >= 11 is 0.843. The van der Waals surface area contributed by atoms with Gasteiger partial charge >= 0.3 is 24.1 Å². The van der Waals surface area contributed by atoms with Crippen LogP contribution in [0.15, 0.2) is 29.4 Å². The fraction of sp³-hybridized carbons (Fsp3) is 0.353. The summed E-state index contributed by atoms with van der Waals surface area (Å²) in [5, 5.41) is 12.7. The number of alkyl halides is 8. The second-order valence-corrected chi connectivity index (χ2v) is 7.62. The molecule has 0 aliphatic rings. The molecule has 0 N–H and O–H groups in total. The summed E-state index contributed by atoms with van der Waals surface area (Å²) in [7, 11) is 1.28. The van der Waals surface area contributed by atoms with E-state index in [-0.39, 0.29) is 38.7 Å². The lowest BCUT2D eigenvalue weighted by molar-refractivity contribution is -0.565. The summed E-state index contributed by atoms with van der Waals surface area (Å²) in [6, 6.07) is 1.13. The second-order valence-electron chi connectivity index (χ2n) is 6.32. The largest absolute Gasteiger partial charge is 0.710 e. The second kappa shape index (κ2) is 7.50. The number of imidazole rings is 1. The van der Waals surface area contributed by atoms with Crippen molar-refractivity contribution in [2.45, 2.75) is 30.1 Å². The van der Waals surface area contributed by atoms with Crippen LogP contribution in [-0.4, -0.2) is 26.5 Å². The zero-order valence-corrected chi connectivity index (χ0v) is 16.5. The van der Waals surface area contributed by atoms with E-state index in [1.54, 1.807) is 6.92 Å². The molecule has 0 spiro atoms. The van der Waals surface area contributed by atoms with E-state index in [1.165, 1.54) is 7.05 Å². The SMILES string of the molecule is CCSc1cc(C(F)(F)C(F)(F)F)cnc1-c1n(C)c2ncc(C(F)(F)F)cc2[n+]1[O-]. The number of thioether (sulfide) groups is 1. The number of rotatable bonds is 4. The van der Waals surface area contributed by atoms with E-state index in [4.69, 9.17) is 0 Å². The maximum atomic E-state index is 13.7. The lowest BCUT2D eigenvalue weighted by Crippen LogP contribution is -2.34. The maximum absolute atomic E-state index is 13.7. The summed E-state index contributed by atoms with van der Waals surface area (Å²) in [4.78, 5) is 7.11. The van der Waals surface area contributed by atoms with Crippen molar-refractivity contribution in [3.8, 4) is 11.5 Å². The van der Waals surface area contributed by atoms with Crippen molar-refractivity contribution < 1.29 is 39.9 Å². The smallest absolute Gasteiger partial charge is 0.458 e. The first-order valence-corrected chi connectivity index (χ1v) is 9.42. The topological polar surface area (TPSA) is 57.7 Å². The number of fused-ring (bicyclic) bond motifs is 1. The van der Waals surface area contributed by atoms with Crippen molar-refractivity contribution in [2.24, 2.45) is 7.05 Å². The van der Waals surface area contributed by atoms with Crippen molar-refractivity contribution in [3.63, 3.8) is 0 Å². The molecule has 0 bridgehead atoms. The zero-order chi connectivity index (χ0) is 23.4. The molecule has 3 heterocycles. The summed E-state index contributed by atoms with van der Waals surface area (Å²) in [5.74, 6) is -5.31. The Balaban J connectivity index is 2.25. The van der Waals surface area contributed by atoms with Crippen LogP contribution >= 0.6 is 11.8 Å². The maximum Gasteiger partial charge on any atom is 0.458 e. The van der Waals surface area contributed by atoms with Crippen LogP contribution in [0.1, 0.15) is 18.1 Å². The van der Waals surface area contributed by atoms with Gasteiger partial charge in [0, 0.05) is 28.9 Å². The molecule has 0 aliphatic carbocycles. The first kappa shape index (κ1) is 23.0. The highest BCUT2D eigenvalue weighted by atomic mass is 32.2. The Morgan fingerprint density at radius 3 is 2.16 bits per heavy atom. The molecule has 5 nitrogen and oxygen atoms in total. The minimum atomic E-state index is -5.86. The molecular formula is C17H12F8N4OS. The Kier molecular flexibility index (Phi) is 5.57. The van der Waals surface area contributed by atoms with Crippen LogP contribution in [0.3, 0.4) is 0 Å². The van der Waals surface area contributed by atoms with Crippen molar-refractivity contribution in [1.29, 1.82) is 0 Å².